The van der Waals surface area contributed by atoms with Gasteiger partial charge in [0.15, 0.2) is 0 Å². The van der Waals surface area contributed by atoms with Crippen LogP contribution in [-0.2, 0) is 0 Å². The first-order valence-corrected chi connectivity index (χ1v) is 3.71. The van der Waals surface area contributed by atoms with Gasteiger partial charge in [-0.05, 0) is 19.9 Å². The van der Waals surface area contributed by atoms with Crippen molar-refractivity contribution >= 4 is 0 Å². The van der Waals surface area contributed by atoms with Crippen LogP contribution in [0, 0.1) is 0 Å². The Hall–Kier alpha value is -0.150. The van der Waals surface area contributed by atoms with Crippen LogP contribution >= 0.6 is 0 Å². The van der Waals surface area contributed by atoms with Crippen LogP contribution in [0.2, 0.25) is 0 Å². The van der Waals surface area contributed by atoms with E-state index in [1.165, 1.54) is 0 Å². The van der Waals surface area contributed by atoms with Gasteiger partial charge in [-0.1, -0.05) is 0 Å². The Labute approximate surface area is 60.6 Å². The molecule has 0 aliphatic carbocycles. The summed E-state index contributed by atoms with van der Waals surface area (Å²) in [5.74, 6) is 0. The summed E-state index contributed by atoms with van der Waals surface area (Å²) in [6.07, 6.45) is -0.704. The summed E-state index contributed by atoms with van der Waals surface area (Å²) in [6.45, 7) is 1.57. The van der Waals surface area contributed by atoms with Crippen molar-refractivity contribution < 1.29 is 9.50 Å². The molecule has 10 heavy (non-hydrogen) atoms. The fraction of sp³-hybridized carbons (Fsp3) is 1.00. The molecule has 1 fully saturated rings. The highest BCUT2D eigenvalue weighted by atomic mass is 19.1. The average molecular weight is 147 g/mol. The van der Waals surface area contributed by atoms with Crippen LogP contribution in [0.4, 0.5) is 4.39 Å². The fourth-order valence-electron chi connectivity index (χ4n) is 1.18. The van der Waals surface area contributed by atoms with E-state index in [4.69, 9.17) is 5.11 Å². The molecule has 0 radical (unpaired) electrons. The van der Waals surface area contributed by atoms with Gasteiger partial charge in [0.05, 0.1) is 6.10 Å². The molecule has 0 saturated carbocycles. The molecule has 2 atom stereocenters. The predicted molar refractivity (Wildman–Crippen MR) is 37.6 cm³/mol. The molecule has 0 amide bonds. The molecule has 1 aliphatic heterocycles. The minimum Gasteiger partial charge on any atom is -0.390 e. The number of likely N-dealkylation sites (tertiary alicyclic amines) is 1. The van der Waals surface area contributed by atoms with Crippen LogP contribution in [-0.4, -0.2) is 42.4 Å². The smallest absolute Gasteiger partial charge is 0.127 e. The monoisotopic (exact) mass is 147 g/mol. The van der Waals surface area contributed by atoms with Gasteiger partial charge in [-0.15, -0.1) is 0 Å². The Morgan fingerprint density at radius 3 is 2.70 bits per heavy atom. The molecule has 0 bridgehead atoms. The van der Waals surface area contributed by atoms with E-state index in [0.717, 1.165) is 13.1 Å². The maximum atomic E-state index is 12.7. The molecule has 2 nitrogen and oxygen atoms in total. The van der Waals surface area contributed by atoms with E-state index in [9.17, 15) is 4.39 Å². The van der Waals surface area contributed by atoms with E-state index in [1.807, 2.05) is 11.9 Å². The van der Waals surface area contributed by atoms with Crippen LogP contribution in [0.25, 0.3) is 0 Å². The Kier molecular flexibility index (Phi) is 2.63. The lowest BCUT2D eigenvalue weighted by Gasteiger charge is -2.10. The van der Waals surface area contributed by atoms with Crippen LogP contribution < -0.4 is 0 Å². The van der Waals surface area contributed by atoms with E-state index in [2.05, 4.69) is 0 Å². The molecule has 3 heteroatoms. The molecule has 0 aromatic heterocycles. The van der Waals surface area contributed by atoms with E-state index in [0.29, 0.717) is 12.8 Å². The number of aliphatic hydroxyl groups excluding tert-OH is 1. The van der Waals surface area contributed by atoms with Gasteiger partial charge in [0.1, 0.15) is 6.17 Å². The summed E-state index contributed by atoms with van der Waals surface area (Å²) in [4.78, 5) is 2.04. The first-order valence-electron chi connectivity index (χ1n) is 3.71. The maximum Gasteiger partial charge on any atom is 0.127 e. The van der Waals surface area contributed by atoms with Crippen molar-refractivity contribution in [2.45, 2.75) is 25.1 Å². The second-order valence-corrected chi connectivity index (χ2v) is 2.96. The predicted octanol–water partition coefficient (Wildman–Crippen LogP) is 0.411. The molecule has 1 rings (SSSR count). The number of aliphatic hydroxyl groups is 1. The van der Waals surface area contributed by atoms with Crippen LogP contribution in [0.5, 0.6) is 0 Å². The number of hydrogen-bond donors (Lipinski definition) is 1. The van der Waals surface area contributed by atoms with Crippen molar-refractivity contribution in [1.29, 1.82) is 0 Å². The summed E-state index contributed by atoms with van der Waals surface area (Å²) in [7, 11) is 1.95. The zero-order valence-corrected chi connectivity index (χ0v) is 6.26. The van der Waals surface area contributed by atoms with Gasteiger partial charge in [-0.25, -0.2) is 4.39 Å². The first kappa shape index (κ1) is 7.95. The fourth-order valence-corrected chi connectivity index (χ4v) is 1.18. The third-order valence-corrected chi connectivity index (χ3v) is 2.01. The number of rotatable bonds is 0. The molecular formula is C7H14FNO. The summed E-state index contributed by atoms with van der Waals surface area (Å²) < 4.78 is 12.7. The van der Waals surface area contributed by atoms with Gasteiger partial charge in [0.2, 0.25) is 0 Å². The van der Waals surface area contributed by atoms with Crippen LogP contribution in [0.3, 0.4) is 0 Å². The van der Waals surface area contributed by atoms with Crippen LogP contribution in [0.15, 0.2) is 0 Å². The van der Waals surface area contributed by atoms with Crippen molar-refractivity contribution in [3.05, 3.63) is 0 Å². The van der Waals surface area contributed by atoms with E-state index in [-0.39, 0.29) is 0 Å². The molecular weight excluding hydrogens is 133 g/mol. The molecule has 60 valence electrons. The number of nitrogens with zero attached hydrogens (tertiary/aromatic N) is 1. The van der Waals surface area contributed by atoms with E-state index in [1.54, 1.807) is 0 Å². The molecule has 0 aromatic rings. The second-order valence-electron chi connectivity index (χ2n) is 2.96. The molecule has 1 N–H and O–H groups in total. The quantitative estimate of drug-likeness (QED) is 0.536. The van der Waals surface area contributed by atoms with Gasteiger partial charge >= 0.3 is 0 Å². The zero-order chi connectivity index (χ0) is 7.56. The lowest BCUT2D eigenvalue weighted by molar-refractivity contribution is 0.0756. The zero-order valence-electron chi connectivity index (χ0n) is 6.26. The second kappa shape index (κ2) is 3.30. The van der Waals surface area contributed by atoms with Crippen molar-refractivity contribution in [3.8, 4) is 0 Å². The summed E-state index contributed by atoms with van der Waals surface area (Å²) in [5.41, 5.74) is 0. The normalized spacial score (nSPS) is 37.5. The van der Waals surface area contributed by atoms with Gasteiger partial charge in [0, 0.05) is 13.1 Å². The van der Waals surface area contributed by atoms with Gasteiger partial charge in [0.25, 0.3) is 0 Å². The third-order valence-electron chi connectivity index (χ3n) is 2.01. The van der Waals surface area contributed by atoms with Crippen molar-refractivity contribution in [3.63, 3.8) is 0 Å². The van der Waals surface area contributed by atoms with Crippen molar-refractivity contribution in [1.82, 2.24) is 4.90 Å². The highest BCUT2D eigenvalue weighted by molar-refractivity contribution is 4.74. The highest BCUT2D eigenvalue weighted by Gasteiger charge is 2.22. The number of halogens is 1. The minimum absolute atomic E-state index is 0.470. The third kappa shape index (κ3) is 1.92. The number of hydrogen-bond acceptors (Lipinski definition) is 2. The lowest BCUT2D eigenvalue weighted by atomic mass is 10.1. The lowest BCUT2D eigenvalue weighted by Crippen LogP contribution is -2.20. The first-order chi connectivity index (χ1) is 4.70. The maximum absolute atomic E-state index is 12.7. The van der Waals surface area contributed by atoms with Crippen molar-refractivity contribution in [2.24, 2.45) is 0 Å². The summed E-state index contributed by atoms with van der Waals surface area (Å²) in [6, 6.07) is 0. The van der Waals surface area contributed by atoms with Crippen molar-refractivity contribution in [2.75, 3.05) is 20.1 Å². The molecule has 1 aliphatic rings. The van der Waals surface area contributed by atoms with Crippen LogP contribution in [0.1, 0.15) is 12.8 Å². The van der Waals surface area contributed by atoms with Gasteiger partial charge in [-0.3, -0.25) is 0 Å². The average Bonchev–Trinajstić information content (AvgIpc) is 2.04. The standard InChI is InChI=1S/C7H14FNO/c1-9-4-2-6(8)7(10)3-5-9/h6-7,10H,2-5H2,1H3/t6-,7+/m1/s1. The molecule has 1 saturated heterocycles. The van der Waals surface area contributed by atoms with E-state index < -0.39 is 12.3 Å². The topological polar surface area (TPSA) is 23.5 Å². The summed E-state index contributed by atoms with van der Waals surface area (Å²) >= 11 is 0. The largest absolute Gasteiger partial charge is 0.390 e. The number of alkyl halides is 1. The summed E-state index contributed by atoms with van der Waals surface area (Å²) in [5, 5.41) is 9.07. The Morgan fingerprint density at radius 2 is 2.00 bits per heavy atom. The van der Waals surface area contributed by atoms with Gasteiger partial charge in [-0.2, -0.15) is 0 Å². The van der Waals surface area contributed by atoms with E-state index >= 15 is 0 Å². The molecule has 0 spiro atoms. The molecule has 0 aromatic carbocycles. The highest BCUT2D eigenvalue weighted by Crippen LogP contribution is 2.12. The SMILES string of the molecule is CN1CC[C@@H](F)[C@@H](O)CC1. The minimum atomic E-state index is -1.01. The molecule has 1 heterocycles. The van der Waals surface area contributed by atoms with Gasteiger partial charge < -0.3 is 10.0 Å². The molecule has 0 unspecified atom stereocenters. The Morgan fingerprint density at radius 1 is 1.40 bits per heavy atom. The Bertz CT molecular complexity index is 97.8. The Balaban J connectivity index is 2.38.